The minimum atomic E-state index is -0.254. The molecule has 1 aliphatic rings. The van der Waals surface area contributed by atoms with Crippen molar-refractivity contribution in [3.05, 3.63) is 51.5 Å². The minimum absolute atomic E-state index is 0.254. The highest BCUT2D eigenvalue weighted by atomic mass is 35.5. The SMILES string of the molecule is O=c1[nH]nc(C2CCN(Cc3nnc(-c4ccccc4Cl)o3)CC2)[nH]1. The third-order valence-corrected chi connectivity index (χ3v) is 4.75. The second-order valence-corrected chi connectivity index (χ2v) is 6.50. The standard InChI is InChI=1S/C16H17ClN6O2/c17-12-4-2-1-3-11(12)15-21-19-13(25-15)9-23-7-5-10(6-8-23)14-18-16(24)22-20-14/h1-4,10H,5-9H2,(H2,18,20,22,24). The number of rotatable bonds is 4. The molecule has 0 bridgehead atoms. The van der Waals surface area contributed by atoms with Gasteiger partial charge in [-0.05, 0) is 38.1 Å². The lowest BCUT2D eigenvalue weighted by molar-refractivity contribution is 0.185. The molecule has 0 radical (unpaired) electrons. The zero-order valence-electron chi connectivity index (χ0n) is 13.4. The second-order valence-electron chi connectivity index (χ2n) is 6.09. The van der Waals surface area contributed by atoms with Gasteiger partial charge in [-0.1, -0.05) is 23.7 Å². The van der Waals surface area contributed by atoms with Gasteiger partial charge in [0.2, 0.25) is 11.8 Å². The third-order valence-electron chi connectivity index (χ3n) is 4.42. The Hall–Kier alpha value is -2.45. The van der Waals surface area contributed by atoms with E-state index in [0.717, 1.165) is 37.3 Å². The van der Waals surface area contributed by atoms with Gasteiger partial charge in [-0.2, -0.15) is 5.10 Å². The van der Waals surface area contributed by atoms with Gasteiger partial charge in [0.15, 0.2) is 0 Å². The molecule has 0 amide bonds. The topological polar surface area (TPSA) is 104 Å². The fourth-order valence-corrected chi connectivity index (χ4v) is 3.31. The predicted molar refractivity (Wildman–Crippen MR) is 91.2 cm³/mol. The van der Waals surface area contributed by atoms with E-state index in [9.17, 15) is 4.79 Å². The molecule has 0 atom stereocenters. The Labute approximate surface area is 148 Å². The van der Waals surface area contributed by atoms with Crippen molar-refractivity contribution in [2.75, 3.05) is 13.1 Å². The normalized spacial score (nSPS) is 16.4. The van der Waals surface area contributed by atoms with Crippen LogP contribution < -0.4 is 5.69 Å². The minimum Gasteiger partial charge on any atom is -0.419 e. The van der Waals surface area contributed by atoms with E-state index in [-0.39, 0.29) is 11.6 Å². The lowest BCUT2D eigenvalue weighted by atomic mass is 9.96. The monoisotopic (exact) mass is 360 g/mol. The first-order chi connectivity index (χ1) is 12.2. The van der Waals surface area contributed by atoms with E-state index in [1.54, 1.807) is 6.07 Å². The van der Waals surface area contributed by atoms with Crippen molar-refractivity contribution in [3.8, 4) is 11.5 Å². The summed E-state index contributed by atoms with van der Waals surface area (Å²) in [5, 5.41) is 15.3. The molecule has 9 heteroatoms. The second kappa shape index (κ2) is 6.81. The van der Waals surface area contributed by atoms with Crippen molar-refractivity contribution in [2.24, 2.45) is 0 Å². The van der Waals surface area contributed by atoms with Crippen molar-refractivity contribution in [2.45, 2.75) is 25.3 Å². The van der Waals surface area contributed by atoms with E-state index < -0.39 is 0 Å². The summed E-state index contributed by atoms with van der Waals surface area (Å²) in [6, 6.07) is 7.40. The molecular formula is C16H17ClN6O2. The summed E-state index contributed by atoms with van der Waals surface area (Å²) >= 11 is 6.16. The van der Waals surface area contributed by atoms with Crippen LogP contribution in [0.2, 0.25) is 5.02 Å². The molecule has 2 N–H and O–H groups in total. The Kier molecular flexibility index (Phi) is 4.37. The lowest BCUT2D eigenvalue weighted by Crippen LogP contribution is -2.33. The number of nitrogens with one attached hydrogen (secondary N) is 2. The van der Waals surface area contributed by atoms with Crippen LogP contribution in [0.4, 0.5) is 0 Å². The molecule has 1 fully saturated rings. The highest BCUT2D eigenvalue weighted by Gasteiger charge is 2.24. The van der Waals surface area contributed by atoms with Gasteiger partial charge in [0.25, 0.3) is 0 Å². The first-order valence-electron chi connectivity index (χ1n) is 8.13. The first-order valence-corrected chi connectivity index (χ1v) is 8.51. The van der Waals surface area contributed by atoms with E-state index in [4.69, 9.17) is 16.0 Å². The highest BCUT2D eigenvalue weighted by molar-refractivity contribution is 6.33. The Balaban J connectivity index is 1.38. The molecule has 0 spiro atoms. The summed E-state index contributed by atoms with van der Waals surface area (Å²) in [6.45, 7) is 2.36. The number of H-pyrrole nitrogens is 2. The molecule has 25 heavy (non-hydrogen) atoms. The van der Waals surface area contributed by atoms with E-state index in [1.807, 2.05) is 18.2 Å². The van der Waals surface area contributed by atoms with Gasteiger partial charge in [-0.15, -0.1) is 10.2 Å². The van der Waals surface area contributed by atoms with E-state index in [1.165, 1.54) is 0 Å². The molecule has 1 saturated heterocycles. The smallest absolute Gasteiger partial charge is 0.340 e. The molecule has 4 rings (SSSR count). The fraction of sp³-hybridized carbons (Fsp3) is 0.375. The number of halogens is 1. The molecule has 0 saturated carbocycles. The van der Waals surface area contributed by atoms with E-state index >= 15 is 0 Å². The number of benzene rings is 1. The highest BCUT2D eigenvalue weighted by Crippen LogP contribution is 2.28. The zero-order valence-corrected chi connectivity index (χ0v) is 14.2. The van der Waals surface area contributed by atoms with Crippen LogP contribution in [0, 0.1) is 0 Å². The third kappa shape index (κ3) is 3.49. The summed E-state index contributed by atoms with van der Waals surface area (Å²) in [5.41, 5.74) is 0.486. The van der Waals surface area contributed by atoms with E-state index in [0.29, 0.717) is 23.3 Å². The van der Waals surface area contributed by atoms with Crippen LogP contribution in [-0.2, 0) is 6.54 Å². The molecular weight excluding hydrogens is 344 g/mol. The Morgan fingerprint density at radius 1 is 1.24 bits per heavy atom. The summed E-state index contributed by atoms with van der Waals surface area (Å²) in [5.74, 6) is 2.02. The van der Waals surface area contributed by atoms with E-state index in [2.05, 4.69) is 30.3 Å². The lowest BCUT2D eigenvalue weighted by Gasteiger charge is -2.29. The maximum absolute atomic E-state index is 11.2. The number of piperidine rings is 1. The average Bonchev–Trinajstić information content (AvgIpc) is 3.25. The largest absolute Gasteiger partial charge is 0.419 e. The van der Waals surface area contributed by atoms with Gasteiger partial charge in [0, 0.05) is 5.92 Å². The first kappa shape index (κ1) is 16.0. The van der Waals surface area contributed by atoms with Crippen LogP contribution in [0.15, 0.2) is 33.5 Å². The number of nitrogens with zero attached hydrogens (tertiary/aromatic N) is 4. The summed E-state index contributed by atoms with van der Waals surface area (Å²) in [7, 11) is 0. The van der Waals surface area contributed by atoms with Crippen molar-refractivity contribution in [3.63, 3.8) is 0 Å². The number of aromatic amines is 2. The van der Waals surface area contributed by atoms with Crippen LogP contribution in [0.25, 0.3) is 11.5 Å². The zero-order chi connectivity index (χ0) is 17.2. The number of hydrogen-bond donors (Lipinski definition) is 2. The van der Waals surface area contributed by atoms with Crippen LogP contribution in [0.5, 0.6) is 0 Å². The predicted octanol–water partition coefficient (Wildman–Crippen LogP) is 2.18. The number of hydrogen-bond acceptors (Lipinski definition) is 6. The van der Waals surface area contributed by atoms with Crippen molar-refractivity contribution < 1.29 is 4.42 Å². The Bertz CT molecular complexity index is 909. The average molecular weight is 361 g/mol. The summed E-state index contributed by atoms with van der Waals surface area (Å²) in [4.78, 5) is 16.2. The maximum Gasteiger partial charge on any atom is 0.340 e. The van der Waals surface area contributed by atoms with Crippen molar-refractivity contribution >= 4 is 11.6 Å². The van der Waals surface area contributed by atoms with Gasteiger partial charge in [-0.25, -0.2) is 9.89 Å². The Morgan fingerprint density at radius 3 is 2.76 bits per heavy atom. The van der Waals surface area contributed by atoms with Gasteiger partial charge in [-0.3, -0.25) is 9.88 Å². The molecule has 0 aliphatic carbocycles. The van der Waals surface area contributed by atoms with Gasteiger partial charge < -0.3 is 4.42 Å². The molecule has 0 unspecified atom stereocenters. The van der Waals surface area contributed by atoms with Crippen LogP contribution >= 0.6 is 11.6 Å². The molecule has 1 aliphatic heterocycles. The number of aromatic nitrogens is 5. The summed E-state index contributed by atoms with van der Waals surface area (Å²) in [6.07, 6.45) is 1.85. The quantitative estimate of drug-likeness (QED) is 0.739. The molecule has 8 nitrogen and oxygen atoms in total. The maximum atomic E-state index is 11.2. The molecule has 3 aromatic rings. The van der Waals surface area contributed by atoms with Crippen LogP contribution in [0.1, 0.15) is 30.5 Å². The Morgan fingerprint density at radius 2 is 2.04 bits per heavy atom. The van der Waals surface area contributed by atoms with Gasteiger partial charge >= 0.3 is 5.69 Å². The van der Waals surface area contributed by atoms with Gasteiger partial charge in [0.05, 0.1) is 17.1 Å². The van der Waals surface area contributed by atoms with Crippen molar-refractivity contribution in [1.29, 1.82) is 0 Å². The van der Waals surface area contributed by atoms with Crippen molar-refractivity contribution in [1.82, 2.24) is 30.3 Å². The molecule has 3 heterocycles. The van der Waals surface area contributed by atoms with Crippen LogP contribution in [-0.4, -0.2) is 43.4 Å². The summed E-state index contributed by atoms with van der Waals surface area (Å²) < 4.78 is 5.75. The molecule has 2 aromatic heterocycles. The van der Waals surface area contributed by atoms with Gasteiger partial charge in [0.1, 0.15) is 5.82 Å². The number of likely N-dealkylation sites (tertiary alicyclic amines) is 1. The molecule has 130 valence electrons. The fourth-order valence-electron chi connectivity index (χ4n) is 3.09. The molecule has 1 aromatic carbocycles. The van der Waals surface area contributed by atoms with Crippen LogP contribution in [0.3, 0.4) is 0 Å².